The van der Waals surface area contributed by atoms with Crippen molar-refractivity contribution in [1.82, 2.24) is 15.0 Å². The van der Waals surface area contributed by atoms with Crippen LogP contribution in [0.25, 0.3) is 10.9 Å². The Hall–Kier alpha value is -2.01. The summed E-state index contributed by atoms with van der Waals surface area (Å²) in [5, 5.41) is 2.33. The van der Waals surface area contributed by atoms with Gasteiger partial charge in [-0.25, -0.2) is 9.97 Å². The van der Waals surface area contributed by atoms with E-state index in [0.29, 0.717) is 11.6 Å². The number of nitrogens with two attached hydrogens (primary N) is 1. The van der Waals surface area contributed by atoms with Crippen molar-refractivity contribution in [3.63, 3.8) is 0 Å². The van der Waals surface area contributed by atoms with Crippen molar-refractivity contribution in [3.05, 3.63) is 47.9 Å². The minimum atomic E-state index is 0.528. The van der Waals surface area contributed by atoms with Crippen molar-refractivity contribution in [1.29, 1.82) is 0 Å². The van der Waals surface area contributed by atoms with Crippen LogP contribution in [-0.4, -0.2) is 15.0 Å². The average Bonchev–Trinajstić information content (AvgIpc) is 2.78. The van der Waals surface area contributed by atoms with Gasteiger partial charge in [-0.2, -0.15) is 0 Å². The molecule has 0 fully saturated rings. The van der Waals surface area contributed by atoms with Crippen molar-refractivity contribution < 1.29 is 0 Å². The first kappa shape index (κ1) is 12.0. The molecule has 0 aliphatic rings. The highest BCUT2D eigenvalue weighted by molar-refractivity contribution is 7.98. The minimum Gasteiger partial charge on any atom is -0.384 e. The number of rotatable bonds is 3. The smallest absolute Gasteiger partial charge is 0.141 e. The average molecular weight is 270 g/mol. The number of benzene rings is 1. The Morgan fingerprint density at radius 1 is 1.21 bits per heavy atom. The topological polar surface area (TPSA) is 67.6 Å². The number of aromatic amines is 1. The van der Waals surface area contributed by atoms with E-state index in [1.807, 2.05) is 19.1 Å². The lowest BCUT2D eigenvalue weighted by Gasteiger charge is -2.01. The van der Waals surface area contributed by atoms with Gasteiger partial charge in [0, 0.05) is 22.7 Å². The molecule has 0 radical (unpaired) electrons. The molecule has 0 atom stereocenters. The Bertz CT molecular complexity index is 667. The van der Waals surface area contributed by atoms with Crippen LogP contribution in [-0.2, 0) is 5.75 Å². The number of nitrogen functional groups attached to an aromatic ring is 1. The zero-order valence-corrected chi connectivity index (χ0v) is 11.4. The summed E-state index contributed by atoms with van der Waals surface area (Å²) in [6.45, 7) is 1.93. The van der Waals surface area contributed by atoms with Gasteiger partial charge in [0.1, 0.15) is 11.6 Å². The second kappa shape index (κ2) is 4.93. The molecule has 3 aromatic rings. The lowest BCUT2D eigenvalue weighted by atomic mass is 10.3. The number of nitrogens with zero attached hydrogens (tertiary/aromatic N) is 2. The quantitative estimate of drug-likeness (QED) is 0.717. The monoisotopic (exact) mass is 270 g/mol. The molecule has 4 nitrogen and oxygen atoms in total. The number of hydrogen-bond donors (Lipinski definition) is 2. The predicted molar refractivity (Wildman–Crippen MR) is 79.0 cm³/mol. The highest BCUT2D eigenvalue weighted by atomic mass is 32.2. The molecule has 0 aliphatic heterocycles. The number of para-hydroxylation sites is 1. The standard InChI is InChI=1S/C14H14N4S/c1-9-6-12(15)18-13(16-9)8-19-14-7-10-4-2-3-5-11(10)17-14/h2-7,17H,8H2,1H3,(H2,15,16,18). The molecule has 0 saturated carbocycles. The van der Waals surface area contributed by atoms with Gasteiger partial charge in [-0.3, -0.25) is 0 Å². The molecule has 19 heavy (non-hydrogen) atoms. The van der Waals surface area contributed by atoms with Gasteiger partial charge < -0.3 is 10.7 Å². The van der Waals surface area contributed by atoms with Crippen LogP contribution < -0.4 is 5.73 Å². The molecule has 0 saturated heterocycles. The van der Waals surface area contributed by atoms with Crippen molar-refractivity contribution >= 4 is 28.5 Å². The van der Waals surface area contributed by atoms with Crippen molar-refractivity contribution in [2.75, 3.05) is 5.73 Å². The number of aromatic nitrogens is 3. The summed E-state index contributed by atoms with van der Waals surface area (Å²) in [5.74, 6) is 2.00. The van der Waals surface area contributed by atoms with Crippen LogP contribution in [0.1, 0.15) is 11.5 Å². The van der Waals surface area contributed by atoms with E-state index in [2.05, 4.69) is 33.2 Å². The van der Waals surface area contributed by atoms with E-state index in [4.69, 9.17) is 5.73 Å². The molecule has 3 N–H and O–H groups in total. The molecular formula is C14H14N4S. The maximum atomic E-state index is 5.72. The highest BCUT2D eigenvalue weighted by Gasteiger charge is 2.04. The SMILES string of the molecule is Cc1cc(N)nc(CSc2cc3ccccc3[nH]2)n1. The molecular weight excluding hydrogens is 256 g/mol. The molecule has 0 unspecified atom stereocenters. The summed E-state index contributed by atoms with van der Waals surface area (Å²) >= 11 is 1.68. The zero-order chi connectivity index (χ0) is 13.2. The first-order chi connectivity index (χ1) is 9.20. The van der Waals surface area contributed by atoms with E-state index < -0.39 is 0 Å². The first-order valence-electron chi connectivity index (χ1n) is 6.01. The third kappa shape index (κ3) is 2.71. The molecule has 1 aromatic carbocycles. The minimum absolute atomic E-state index is 0.528. The van der Waals surface area contributed by atoms with Crippen LogP contribution >= 0.6 is 11.8 Å². The number of aryl methyl sites for hydroxylation is 1. The highest BCUT2D eigenvalue weighted by Crippen LogP contribution is 2.25. The second-order valence-corrected chi connectivity index (χ2v) is 5.38. The lowest BCUT2D eigenvalue weighted by molar-refractivity contribution is 1.00. The molecule has 5 heteroatoms. The molecule has 0 bridgehead atoms. The number of nitrogens with one attached hydrogen (secondary N) is 1. The molecule has 0 aliphatic carbocycles. The summed E-state index contributed by atoms with van der Waals surface area (Å²) in [7, 11) is 0. The maximum Gasteiger partial charge on any atom is 0.141 e. The summed E-state index contributed by atoms with van der Waals surface area (Å²) in [4.78, 5) is 12.0. The Kier molecular flexibility index (Phi) is 3.13. The van der Waals surface area contributed by atoms with Gasteiger partial charge in [0.25, 0.3) is 0 Å². The fourth-order valence-electron chi connectivity index (χ4n) is 1.99. The van der Waals surface area contributed by atoms with Crippen molar-refractivity contribution in [2.45, 2.75) is 17.7 Å². The van der Waals surface area contributed by atoms with E-state index in [9.17, 15) is 0 Å². The van der Waals surface area contributed by atoms with E-state index in [-0.39, 0.29) is 0 Å². The van der Waals surface area contributed by atoms with Gasteiger partial charge >= 0.3 is 0 Å². The lowest BCUT2D eigenvalue weighted by Crippen LogP contribution is -1.99. The Balaban J connectivity index is 1.78. The zero-order valence-electron chi connectivity index (χ0n) is 10.6. The molecule has 2 heterocycles. The number of H-pyrrole nitrogens is 1. The van der Waals surface area contributed by atoms with E-state index in [0.717, 1.165) is 22.1 Å². The fraction of sp³-hybridized carbons (Fsp3) is 0.143. The van der Waals surface area contributed by atoms with Crippen LogP contribution in [0.3, 0.4) is 0 Å². The summed E-state index contributed by atoms with van der Waals surface area (Å²) < 4.78 is 0. The summed E-state index contributed by atoms with van der Waals surface area (Å²) in [6, 6.07) is 12.1. The van der Waals surface area contributed by atoms with Crippen molar-refractivity contribution in [2.24, 2.45) is 0 Å². The maximum absolute atomic E-state index is 5.72. The van der Waals surface area contributed by atoms with E-state index in [1.54, 1.807) is 17.8 Å². The number of thioether (sulfide) groups is 1. The van der Waals surface area contributed by atoms with Crippen LogP contribution in [0.4, 0.5) is 5.82 Å². The van der Waals surface area contributed by atoms with Gasteiger partial charge in [0.15, 0.2) is 0 Å². The molecule has 3 rings (SSSR count). The van der Waals surface area contributed by atoms with Crippen LogP contribution in [0.15, 0.2) is 41.4 Å². The van der Waals surface area contributed by atoms with Crippen LogP contribution in [0.5, 0.6) is 0 Å². The Labute approximate surface area is 115 Å². The van der Waals surface area contributed by atoms with Gasteiger partial charge in [0.05, 0.1) is 10.8 Å². The van der Waals surface area contributed by atoms with Crippen molar-refractivity contribution in [3.8, 4) is 0 Å². The molecule has 96 valence electrons. The van der Waals surface area contributed by atoms with E-state index >= 15 is 0 Å². The number of anilines is 1. The fourth-order valence-corrected chi connectivity index (χ4v) is 2.79. The first-order valence-corrected chi connectivity index (χ1v) is 7.00. The van der Waals surface area contributed by atoms with Gasteiger partial charge in [-0.05, 0) is 19.1 Å². The molecule has 2 aromatic heterocycles. The Morgan fingerprint density at radius 3 is 2.84 bits per heavy atom. The van der Waals surface area contributed by atoms with Crippen LogP contribution in [0.2, 0.25) is 0 Å². The Morgan fingerprint density at radius 2 is 2.05 bits per heavy atom. The van der Waals surface area contributed by atoms with Gasteiger partial charge in [-0.15, -0.1) is 11.8 Å². The normalized spacial score (nSPS) is 11.0. The molecule has 0 spiro atoms. The number of fused-ring (bicyclic) bond motifs is 1. The number of hydrogen-bond acceptors (Lipinski definition) is 4. The molecule has 0 amide bonds. The summed E-state index contributed by atoms with van der Waals surface area (Å²) in [6.07, 6.45) is 0. The summed E-state index contributed by atoms with van der Waals surface area (Å²) in [5.41, 5.74) is 7.77. The van der Waals surface area contributed by atoms with Crippen LogP contribution in [0, 0.1) is 6.92 Å². The largest absolute Gasteiger partial charge is 0.384 e. The third-order valence-corrected chi connectivity index (χ3v) is 3.72. The van der Waals surface area contributed by atoms with Gasteiger partial charge in [-0.1, -0.05) is 18.2 Å². The van der Waals surface area contributed by atoms with Gasteiger partial charge in [0.2, 0.25) is 0 Å². The second-order valence-electron chi connectivity index (χ2n) is 4.36. The third-order valence-electron chi connectivity index (χ3n) is 2.78. The predicted octanol–water partition coefficient (Wildman–Crippen LogP) is 3.14. The van der Waals surface area contributed by atoms with E-state index in [1.165, 1.54) is 5.39 Å².